The largest absolute Gasteiger partial charge is 0.481 e. The van der Waals surface area contributed by atoms with E-state index in [1.54, 1.807) is 19.4 Å². The van der Waals surface area contributed by atoms with Crippen LogP contribution in [0.25, 0.3) is 0 Å². The summed E-state index contributed by atoms with van der Waals surface area (Å²) in [4.78, 5) is 8.53. The third kappa shape index (κ3) is 3.77. The molecule has 0 amide bonds. The van der Waals surface area contributed by atoms with Gasteiger partial charge in [0.05, 0.1) is 7.11 Å². The molecule has 0 unspecified atom stereocenters. The van der Waals surface area contributed by atoms with Crippen LogP contribution in [0.5, 0.6) is 17.5 Å². The molecule has 0 atom stereocenters. The standard InChI is InChI=1S/C18H17N3O2/c1-13-5-4-12-19-18(13)23-15-10-8-14(9-11-15)20-16-6-3-7-17(21-16)22-2/h3-12H,1-2H3,(H,20,21). The van der Waals surface area contributed by atoms with Gasteiger partial charge in [0.2, 0.25) is 11.8 Å². The maximum absolute atomic E-state index is 5.78. The second-order valence-corrected chi connectivity index (χ2v) is 4.94. The maximum Gasteiger partial charge on any atom is 0.222 e. The molecule has 5 nitrogen and oxygen atoms in total. The van der Waals surface area contributed by atoms with Crippen LogP contribution in [0.4, 0.5) is 11.5 Å². The molecule has 2 heterocycles. The molecule has 0 bridgehead atoms. The predicted octanol–water partition coefficient (Wildman–Crippen LogP) is 4.33. The number of pyridine rings is 2. The monoisotopic (exact) mass is 307 g/mol. The minimum absolute atomic E-state index is 0.570. The number of benzene rings is 1. The molecule has 0 aliphatic carbocycles. The van der Waals surface area contributed by atoms with Crippen LogP contribution >= 0.6 is 0 Å². The van der Waals surface area contributed by atoms with Gasteiger partial charge in [-0.1, -0.05) is 12.1 Å². The van der Waals surface area contributed by atoms with Crippen molar-refractivity contribution >= 4 is 11.5 Å². The lowest BCUT2D eigenvalue weighted by molar-refractivity contribution is 0.398. The molecule has 0 aliphatic heterocycles. The van der Waals surface area contributed by atoms with Gasteiger partial charge in [0, 0.05) is 23.5 Å². The number of rotatable bonds is 5. The summed E-state index contributed by atoms with van der Waals surface area (Å²) in [7, 11) is 1.60. The van der Waals surface area contributed by atoms with Gasteiger partial charge in [0.1, 0.15) is 11.6 Å². The van der Waals surface area contributed by atoms with Crippen LogP contribution in [0.1, 0.15) is 5.56 Å². The van der Waals surface area contributed by atoms with Crippen LogP contribution in [-0.4, -0.2) is 17.1 Å². The molecule has 1 aromatic carbocycles. The number of nitrogens with zero attached hydrogens (tertiary/aromatic N) is 2. The molecule has 1 N–H and O–H groups in total. The van der Waals surface area contributed by atoms with Gasteiger partial charge in [0.15, 0.2) is 0 Å². The first-order valence-corrected chi connectivity index (χ1v) is 7.22. The minimum atomic E-state index is 0.570. The van der Waals surface area contributed by atoms with Crippen molar-refractivity contribution in [3.8, 4) is 17.5 Å². The molecular weight excluding hydrogens is 290 g/mol. The SMILES string of the molecule is COc1cccc(Nc2ccc(Oc3ncccc3C)cc2)n1. The van der Waals surface area contributed by atoms with Crippen LogP contribution < -0.4 is 14.8 Å². The van der Waals surface area contributed by atoms with E-state index >= 15 is 0 Å². The topological polar surface area (TPSA) is 56.3 Å². The summed E-state index contributed by atoms with van der Waals surface area (Å²) in [6.07, 6.45) is 1.71. The number of anilines is 2. The average molecular weight is 307 g/mol. The molecular formula is C18H17N3O2. The van der Waals surface area contributed by atoms with Crippen molar-refractivity contribution in [2.24, 2.45) is 0 Å². The smallest absolute Gasteiger partial charge is 0.222 e. The lowest BCUT2D eigenvalue weighted by atomic mass is 10.3. The number of aromatic nitrogens is 2. The van der Waals surface area contributed by atoms with E-state index in [9.17, 15) is 0 Å². The third-order valence-corrected chi connectivity index (χ3v) is 3.24. The van der Waals surface area contributed by atoms with Crippen molar-refractivity contribution < 1.29 is 9.47 Å². The van der Waals surface area contributed by atoms with Gasteiger partial charge in [-0.2, -0.15) is 4.98 Å². The van der Waals surface area contributed by atoms with Gasteiger partial charge < -0.3 is 14.8 Å². The zero-order chi connectivity index (χ0) is 16.1. The Balaban J connectivity index is 1.70. The van der Waals surface area contributed by atoms with Gasteiger partial charge in [-0.3, -0.25) is 0 Å². The first kappa shape index (κ1) is 14.8. The zero-order valence-corrected chi connectivity index (χ0v) is 13.0. The predicted molar refractivity (Wildman–Crippen MR) is 89.6 cm³/mol. The Morgan fingerprint density at radius 3 is 2.52 bits per heavy atom. The molecule has 23 heavy (non-hydrogen) atoms. The van der Waals surface area contributed by atoms with E-state index in [-0.39, 0.29) is 0 Å². The van der Waals surface area contributed by atoms with Crippen molar-refractivity contribution in [1.29, 1.82) is 0 Å². The molecule has 0 spiro atoms. The molecule has 3 aromatic rings. The van der Waals surface area contributed by atoms with Gasteiger partial charge in [-0.05, 0) is 43.3 Å². The molecule has 2 aromatic heterocycles. The summed E-state index contributed by atoms with van der Waals surface area (Å²) in [5, 5.41) is 3.22. The first-order valence-electron chi connectivity index (χ1n) is 7.22. The fourth-order valence-corrected chi connectivity index (χ4v) is 2.04. The van der Waals surface area contributed by atoms with Crippen molar-refractivity contribution in [1.82, 2.24) is 9.97 Å². The molecule has 0 saturated heterocycles. The summed E-state index contributed by atoms with van der Waals surface area (Å²) in [5.74, 6) is 2.64. The van der Waals surface area contributed by atoms with Crippen LogP contribution in [0.2, 0.25) is 0 Å². The van der Waals surface area contributed by atoms with Crippen LogP contribution in [-0.2, 0) is 0 Å². The van der Waals surface area contributed by atoms with Gasteiger partial charge in [-0.15, -0.1) is 0 Å². The molecule has 5 heteroatoms. The van der Waals surface area contributed by atoms with Gasteiger partial charge in [0.25, 0.3) is 0 Å². The Morgan fingerprint density at radius 1 is 0.957 bits per heavy atom. The Bertz CT molecular complexity index is 788. The molecule has 0 aliphatic rings. The zero-order valence-electron chi connectivity index (χ0n) is 13.0. The van der Waals surface area contributed by atoms with E-state index < -0.39 is 0 Å². The fourth-order valence-electron chi connectivity index (χ4n) is 2.04. The second kappa shape index (κ2) is 6.79. The average Bonchev–Trinajstić information content (AvgIpc) is 2.59. The first-order chi connectivity index (χ1) is 11.2. The number of ether oxygens (including phenoxy) is 2. The van der Waals surface area contributed by atoms with Crippen molar-refractivity contribution in [3.05, 3.63) is 66.4 Å². The van der Waals surface area contributed by atoms with E-state index in [1.807, 2.05) is 55.5 Å². The van der Waals surface area contributed by atoms with Crippen molar-refractivity contribution in [2.75, 3.05) is 12.4 Å². The van der Waals surface area contributed by atoms with E-state index in [0.717, 1.165) is 22.8 Å². The highest BCUT2D eigenvalue weighted by molar-refractivity contribution is 5.57. The third-order valence-electron chi connectivity index (χ3n) is 3.24. The number of methoxy groups -OCH3 is 1. The molecule has 3 rings (SSSR count). The Morgan fingerprint density at radius 2 is 1.78 bits per heavy atom. The van der Waals surface area contributed by atoms with E-state index in [4.69, 9.17) is 9.47 Å². The van der Waals surface area contributed by atoms with Crippen LogP contribution in [0.3, 0.4) is 0 Å². The summed E-state index contributed by atoms with van der Waals surface area (Å²) < 4.78 is 10.9. The number of aryl methyl sites for hydroxylation is 1. The fraction of sp³-hybridized carbons (Fsp3) is 0.111. The Labute approximate surface area is 134 Å². The Kier molecular flexibility index (Phi) is 4.38. The molecule has 0 saturated carbocycles. The summed E-state index contributed by atoms with van der Waals surface area (Å²) in [6, 6.07) is 17.0. The second-order valence-electron chi connectivity index (χ2n) is 4.94. The summed E-state index contributed by atoms with van der Waals surface area (Å²) in [5.41, 5.74) is 1.91. The van der Waals surface area contributed by atoms with Gasteiger partial charge in [-0.25, -0.2) is 4.98 Å². The summed E-state index contributed by atoms with van der Waals surface area (Å²) in [6.45, 7) is 1.96. The summed E-state index contributed by atoms with van der Waals surface area (Å²) >= 11 is 0. The molecule has 0 fully saturated rings. The normalized spacial score (nSPS) is 10.2. The number of nitrogens with one attached hydrogen (secondary N) is 1. The highest BCUT2D eigenvalue weighted by Gasteiger charge is 2.03. The van der Waals surface area contributed by atoms with E-state index in [0.29, 0.717) is 11.8 Å². The molecule has 116 valence electrons. The van der Waals surface area contributed by atoms with E-state index in [2.05, 4.69) is 15.3 Å². The highest BCUT2D eigenvalue weighted by Crippen LogP contribution is 2.25. The highest BCUT2D eigenvalue weighted by atomic mass is 16.5. The van der Waals surface area contributed by atoms with Gasteiger partial charge >= 0.3 is 0 Å². The number of hydrogen-bond donors (Lipinski definition) is 1. The van der Waals surface area contributed by atoms with Crippen LogP contribution in [0.15, 0.2) is 60.8 Å². The molecule has 0 radical (unpaired) electrons. The van der Waals surface area contributed by atoms with Crippen molar-refractivity contribution in [3.63, 3.8) is 0 Å². The minimum Gasteiger partial charge on any atom is -0.481 e. The number of hydrogen-bond acceptors (Lipinski definition) is 5. The lowest BCUT2D eigenvalue weighted by Gasteiger charge is -2.09. The van der Waals surface area contributed by atoms with Crippen LogP contribution in [0, 0.1) is 6.92 Å². The van der Waals surface area contributed by atoms with Crippen molar-refractivity contribution in [2.45, 2.75) is 6.92 Å². The lowest BCUT2D eigenvalue weighted by Crippen LogP contribution is -1.95. The quantitative estimate of drug-likeness (QED) is 0.760. The van der Waals surface area contributed by atoms with E-state index in [1.165, 1.54) is 0 Å². The maximum atomic E-state index is 5.78. The Hall–Kier alpha value is -3.08.